The molecule has 1 aromatic carbocycles. The van der Waals surface area contributed by atoms with Crippen LogP contribution in [0.1, 0.15) is 25.0 Å². The van der Waals surface area contributed by atoms with Gasteiger partial charge in [0.15, 0.2) is 5.96 Å². The monoisotopic (exact) mass is 405 g/mol. The van der Waals surface area contributed by atoms with E-state index < -0.39 is 0 Å². The van der Waals surface area contributed by atoms with Crippen LogP contribution in [0.15, 0.2) is 29.3 Å². The standard InChI is InChI=1S/C16H27N3O.HI/c1-13(2)12-20-10-9-18-16(17-4)19-11-15-7-5-14(3)6-8-15;/h5-8,13H,9-12H2,1-4H3,(H2,17,18,19);1H. The van der Waals surface area contributed by atoms with E-state index in [1.807, 2.05) is 0 Å². The zero-order valence-corrected chi connectivity index (χ0v) is 15.8. The highest BCUT2D eigenvalue weighted by atomic mass is 127. The third-order valence-electron chi connectivity index (χ3n) is 2.79. The first-order valence-corrected chi connectivity index (χ1v) is 7.19. The smallest absolute Gasteiger partial charge is 0.191 e. The summed E-state index contributed by atoms with van der Waals surface area (Å²) in [6.45, 7) is 9.42. The van der Waals surface area contributed by atoms with Crippen LogP contribution in [0.5, 0.6) is 0 Å². The lowest BCUT2D eigenvalue weighted by Gasteiger charge is -2.12. The Morgan fingerprint density at radius 2 is 1.86 bits per heavy atom. The van der Waals surface area contributed by atoms with Gasteiger partial charge in [0.2, 0.25) is 0 Å². The average molecular weight is 405 g/mol. The van der Waals surface area contributed by atoms with Gasteiger partial charge in [0.1, 0.15) is 0 Å². The van der Waals surface area contributed by atoms with Crippen LogP contribution in [-0.2, 0) is 11.3 Å². The number of benzene rings is 1. The van der Waals surface area contributed by atoms with Crippen molar-refractivity contribution in [2.24, 2.45) is 10.9 Å². The van der Waals surface area contributed by atoms with Crippen LogP contribution < -0.4 is 10.6 Å². The molecule has 0 fully saturated rings. The van der Waals surface area contributed by atoms with E-state index in [1.165, 1.54) is 11.1 Å². The third kappa shape index (κ3) is 9.68. The summed E-state index contributed by atoms with van der Waals surface area (Å²) in [5.41, 5.74) is 2.52. The molecular formula is C16H28IN3O. The predicted molar refractivity (Wildman–Crippen MR) is 100 cm³/mol. The van der Waals surface area contributed by atoms with Crippen molar-refractivity contribution in [3.63, 3.8) is 0 Å². The summed E-state index contributed by atoms with van der Waals surface area (Å²) in [5.74, 6) is 1.38. The van der Waals surface area contributed by atoms with E-state index in [-0.39, 0.29) is 24.0 Å². The number of rotatable bonds is 7. The first-order chi connectivity index (χ1) is 9.61. The van der Waals surface area contributed by atoms with E-state index in [0.29, 0.717) is 12.5 Å². The number of guanidine groups is 1. The Morgan fingerprint density at radius 1 is 1.19 bits per heavy atom. The minimum Gasteiger partial charge on any atom is -0.379 e. The quantitative estimate of drug-likeness (QED) is 0.317. The Morgan fingerprint density at radius 3 is 2.43 bits per heavy atom. The Bertz CT molecular complexity index is 404. The van der Waals surface area contributed by atoms with E-state index in [4.69, 9.17) is 4.74 Å². The molecule has 0 heterocycles. The number of aliphatic imine (C=N–C) groups is 1. The van der Waals surface area contributed by atoms with Gasteiger partial charge in [-0.3, -0.25) is 4.99 Å². The topological polar surface area (TPSA) is 45.7 Å². The fraction of sp³-hybridized carbons (Fsp3) is 0.562. The number of hydrogen-bond acceptors (Lipinski definition) is 2. The van der Waals surface area contributed by atoms with E-state index in [2.05, 4.69) is 60.7 Å². The van der Waals surface area contributed by atoms with Crippen LogP contribution in [0.4, 0.5) is 0 Å². The van der Waals surface area contributed by atoms with Crippen molar-refractivity contribution in [2.45, 2.75) is 27.3 Å². The summed E-state index contributed by atoms with van der Waals surface area (Å²) in [7, 11) is 1.78. The van der Waals surface area contributed by atoms with Crippen LogP contribution in [-0.4, -0.2) is 32.8 Å². The molecule has 0 saturated carbocycles. The molecule has 1 aromatic rings. The summed E-state index contributed by atoms with van der Waals surface area (Å²) in [5, 5.41) is 6.53. The summed E-state index contributed by atoms with van der Waals surface area (Å²) in [6, 6.07) is 8.49. The lowest BCUT2D eigenvalue weighted by atomic mass is 10.1. The Balaban J connectivity index is 0.00000400. The van der Waals surface area contributed by atoms with Crippen LogP contribution in [0.2, 0.25) is 0 Å². The maximum Gasteiger partial charge on any atom is 0.191 e. The molecule has 0 radical (unpaired) electrons. The maximum absolute atomic E-state index is 5.52. The van der Waals surface area contributed by atoms with Gasteiger partial charge in [0.25, 0.3) is 0 Å². The average Bonchev–Trinajstić information content (AvgIpc) is 2.43. The van der Waals surface area contributed by atoms with Gasteiger partial charge >= 0.3 is 0 Å². The number of hydrogen-bond donors (Lipinski definition) is 2. The summed E-state index contributed by atoms with van der Waals surface area (Å²) in [6.07, 6.45) is 0. The highest BCUT2D eigenvalue weighted by Crippen LogP contribution is 2.02. The lowest BCUT2D eigenvalue weighted by molar-refractivity contribution is 0.114. The first-order valence-electron chi connectivity index (χ1n) is 7.19. The first kappa shape index (κ1) is 20.2. The molecule has 0 saturated heterocycles. The number of halogens is 1. The third-order valence-corrected chi connectivity index (χ3v) is 2.79. The predicted octanol–water partition coefficient (Wildman–Crippen LogP) is 2.95. The van der Waals surface area contributed by atoms with Crippen molar-refractivity contribution in [2.75, 3.05) is 26.8 Å². The molecule has 5 heteroatoms. The largest absolute Gasteiger partial charge is 0.379 e. The molecule has 4 nitrogen and oxygen atoms in total. The SMILES string of the molecule is CN=C(NCCOCC(C)C)NCc1ccc(C)cc1.I. The molecule has 0 unspecified atom stereocenters. The summed E-state index contributed by atoms with van der Waals surface area (Å²) in [4.78, 5) is 4.19. The van der Waals surface area contributed by atoms with Gasteiger partial charge < -0.3 is 15.4 Å². The van der Waals surface area contributed by atoms with Crippen molar-refractivity contribution in [1.82, 2.24) is 10.6 Å². The van der Waals surface area contributed by atoms with E-state index in [0.717, 1.165) is 25.7 Å². The van der Waals surface area contributed by atoms with E-state index in [1.54, 1.807) is 7.05 Å². The molecule has 0 atom stereocenters. The Labute approximate surface area is 145 Å². The second kappa shape index (κ2) is 11.8. The zero-order chi connectivity index (χ0) is 14.8. The van der Waals surface area contributed by atoms with Crippen LogP contribution >= 0.6 is 24.0 Å². The highest BCUT2D eigenvalue weighted by molar-refractivity contribution is 14.0. The summed E-state index contributed by atoms with van der Waals surface area (Å²) < 4.78 is 5.52. The van der Waals surface area contributed by atoms with Gasteiger partial charge in [-0.05, 0) is 18.4 Å². The molecule has 2 N–H and O–H groups in total. The molecule has 0 amide bonds. The molecule has 0 spiro atoms. The number of nitrogens with one attached hydrogen (secondary N) is 2. The van der Waals surface area contributed by atoms with Gasteiger partial charge in [0, 0.05) is 26.7 Å². The number of ether oxygens (including phenoxy) is 1. The second-order valence-corrected chi connectivity index (χ2v) is 5.31. The van der Waals surface area contributed by atoms with Gasteiger partial charge in [0.05, 0.1) is 6.61 Å². The number of nitrogens with zero attached hydrogens (tertiary/aromatic N) is 1. The zero-order valence-electron chi connectivity index (χ0n) is 13.5. The van der Waals surface area contributed by atoms with Crippen LogP contribution in [0, 0.1) is 12.8 Å². The van der Waals surface area contributed by atoms with Crippen molar-refractivity contribution < 1.29 is 4.74 Å². The molecule has 0 aromatic heterocycles. The van der Waals surface area contributed by atoms with Crippen molar-refractivity contribution in [3.05, 3.63) is 35.4 Å². The minimum absolute atomic E-state index is 0. The van der Waals surface area contributed by atoms with E-state index in [9.17, 15) is 0 Å². The normalized spacial score (nSPS) is 11.2. The molecule has 1 rings (SSSR count). The second-order valence-electron chi connectivity index (χ2n) is 5.31. The highest BCUT2D eigenvalue weighted by Gasteiger charge is 1.98. The van der Waals surface area contributed by atoms with Crippen molar-refractivity contribution >= 4 is 29.9 Å². The van der Waals surface area contributed by atoms with Crippen molar-refractivity contribution in [1.29, 1.82) is 0 Å². The minimum atomic E-state index is 0. The molecule has 120 valence electrons. The molecule has 0 bridgehead atoms. The Kier molecular flexibility index (Phi) is 11.3. The molecule has 0 aliphatic heterocycles. The number of aryl methyl sites for hydroxylation is 1. The van der Waals surface area contributed by atoms with Crippen LogP contribution in [0.25, 0.3) is 0 Å². The fourth-order valence-corrected chi connectivity index (χ4v) is 1.67. The Hall–Kier alpha value is -0.820. The van der Waals surface area contributed by atoms with Gasteiger partial charge in [-0.15, -0.1) is 24.0 Å². The van der Waals surface area contributed by atoms with Gasteiger partial charge in [-0.2, -0.15) is 0 Å². The molecule has 0 aliphatic carbocycles. The van der Waals surface area contributed by atoms with E-state index >= 15 is 0 Å². The molecule has 21 heavy (non-hydrogen) atoms. The fourth-order valence-electron chi connectivity index (χ4n) is 1.67. The summed E-state index contributed by atoms with van der Waals surface area (Å²) >= 11 is 0. The van der Waals surface area contributed by atoms with Crippen LogP contribution in [0.3, 0.4) is 0 Å². The van der Waals surface area contributed by atoms with Gasteiger partial charge in [-0.1, -0.05) is 43.7 Å². The maximum atomic E-state index is 5.52. The molecule has 0 aliphatic rings. The molecular weight excluding hydrogens is 377 g/mol. The van der Waals surface area contributed by atoms with Crippen molar-refractivity contribution in [3.8, 4) is 0 Å². The van der Waals surface area contributed by atoms with Gasteiger partial charge in [-0.25, -0.2) is 0 Å². The lowest BCUT2D eigenvalue weighted by Crippen LogP contribution is -2.38.